The Labute approximate surface area is 142 Å². The standard InChI is InChI=1S/C16H23N3O4S/c1-3-24(22,23)16(21)17-12-15(20)19-10-8-18(9-11-19)14-7-5-4-6-13(14)2/h4-7H,3,8-12H2,1-2H3,(H,17,21). The molecule has 8 heteroatoms. The molecule has 24 heavy (non-hydrogen) atoms. The first-order chi connectivity index (χ1) is 11.3. The maximum atomic E-state index is 12.1. The van der Waals surface area contributed by atoms with Gasteiger partial charge in [-0.05, 0) is 18.6 Å². The van der Waals surface area contributed by atoms with E-state index in [0.717, 1.165) is 5.69 Å². The summed E-state index contributed by atoms with van der Waals surface area (Å²) >= 11 is 0. The predicted octanol–water partition coefficient (Wildman–Crippen LogP) is 0.788. The molecule has 0 radical (unpaired) electrons. The Balaban J connectivity index is 1.85. The van der Waals surface area contributed by atoms with E-state index in [1.807, 2.05) is 12.1 Å². The summed E-state index contributed by atoms with van der Waals surface area (Å²) in [4.78, 5) is 27.5. The first kappa shape index (κ1) is 18.3. The van der Waals surface area contributed by atoms with Crippen LogP contribution in [0.3, 0.4) is 0 Å². The van der Waals surface area contributed by atoms with Gasteiger partial charge < -0.3 is 15.1 Å². The number of carbonyl (C=O) groups is 2. The van der Waals surface area contributed by atoms with Crippen molar-refractivity contribution in [1.29, 1.82) is 0 Å². The summed E-state index contributed by atoms with van der Waals surface area (Å²) in [5.41, 5.74) is 2.35. The number of carbonyl (C=O) groups excluding carboxylic acids is 2. The number of rotatable bonds is 4. The zero-order valence-electron chi connectivity index (χ0n) is 14.0. The number of benzene rings is 1. The summed E-state index contributed by atoms with van der Waals surface area (Å²) in [6.07, 6.45) is 0. The summed E-state index contributed by atoms with van der Waals surface area (Å²) in [6, 6.07) is 8.09. The number of hydrogen-bond acceptors (Lipinski definition) is 5. The SMILES string of the molecule is CCS(=O)(=O)C(=O)NCC(=O)N1CCN(c2ccccc2C)CC1. The fraction of sp³-hybridized carbons (Fsp3) is 0.500. The lowest BCUT2D eigenvalue weighted by Gasteiger charge is -2.36. The van der Waals surface area contributed by atoms with Crippen LogP contribution in [0.2, 0.25) is 0 Å². The summed E-state index contributed by atoms with van der Waals surface area (Å²) < 4.78 is 22.8. The molecule has 2 amide bonds. The van der Waals surface area contributed by atoms with Crippen LogP contribution < -0.4 is 10.2 Å². The van der Waals surface area contributed by atoms with Crippen molar-refractivity contribution in [3.8, 4) is 0 Å². The molecular formula is C16H23N3O4S. The van der Waals surface area contributed by atoms with Crippen molar-refractivity contribution >= 4 is 26.7 Å². The third kappa shape index (κ3) is 4.25. The molecule has 1 N–H and O–H groups in total. The van der Waals surface area contributed by atoms with Crippen LogP contribution in [-0.4, -0.2) is 62.9 Å². The Morgan fingerprint density at radius 3 is 2.33 bits per heavy atom. The molecule has 1 saturated heterocycles. The molecule has 0 unspecified atom stereocenters. The van der Waals surface area contributed by atoms with E-state index in [-0.39, 0.29) is 18.2 Å². The van der Waals surface area contributed by atoms with Crippen LogP contribution in [0.25, 0.3) is 0 Å². The first-order valence-corrected chi connectivity index (χ1v) is 9.59. The Bertz CT molecular complexity index is 710. The summed E-state index contributed by atoms with van der Waals surface area (Å²) in [5, 5.41) is 1.11. The number of amides is 2. The Kier molecular flexibility index (Phi) is 5.82. The van der Waals surface area contributed by atoms with Gasteiger partial charge in [0.05, 0.1) is 12.3 Å². The van der Waals surface area contributed by atoms with E-state index in [9.17, 15) is 18.0 Å². The molecule has 7 nitrogen and oxygen atoms in total. The van der Waals surface area contributed by atoms with Crippen LogP contribution in [0.15, 0.2) is 24.3 Å². The van der Waals surface area contributed by atoms with Gasteiger partial charge in [-0.2, -0.15) is 0 Å². The predicted molar refractivity (Wildman–Crippen MR) is 92.8 cm³/mol. The van der Waals surface area contributed by atoms with Crippen molar-refractivity contribution in [2.45, 2.75) is 13.8 Å². The van der Waals surface area contributed by atoms with Gasteiger partial charge in [-0.3, -0.25) is 9.59 Å². The van der Waals surface area contributed by atoms with Crippen LogP contribution in [0, 0.1) is 6.92 Å². The fourth-order valence-electron chi connectivity index (χ4n) is 2.62. The molecule has 0 atom stereocenters. The number of piperazine rings is 1. The average Bonchev–Trinajstić information content (AvgIpc) is 2.60. The molecule has 1 aliphatic rings. The number of nitrogens with one attached hydrogen (secondary N) is 1. The monoisotopic (exact) mass is 353 g/mol. The summed E-state index contributed by atoms with van der Waals surface area (Å²) in [5.74, 6) is -0.540. The lowest BCUT2D eigenvalue weighted by atomic mass is 10.1. The Morgan fingerprint density at radius 1 is 1.12 bits per heavy atom. The molecule has 0 bridgehead atoms. The second-order valence-corrected chi connectivity index (χ2v) is 7.88. The van der Waals surface area contributed by atoms with Gasteiger partial charge in [-0.25, -0.2) is 8.42 Å². The topological polar surface area (TPSA) is 86.8 Å². The largest absolute Gasteiger partial charge is 0.368 e. The quantitative estimate of drug-likeness (QED) is 0.865. The minimum Gasteiger partial charge on any atom is -0.368 e. The van der Waals surface area contributed by atoms with Crippen molar-refractivity contribution in [3.63, 3.8) is 0 Å². The van der Waals surface area contributed by atoms with Crippen LogP contribution in [0.5, 0.6) is 0 Å². The number of anilines is 1. The van der Waals surface area contributed by atoms with Gasteiger partial charge in [0.2, 0.25) is 15.7 Å². The third-order valence-corrected chi connectivity index (χ3v) is 5.60. The van der Waals surface area contributed by atoms with Crippen molar-refractivity contribution < 1.29 is 18.0 Å². The van der Waals surface area contributed by atoms with Gasteiger partial charge in [0.25, 0.3) is 0 Å². The highest BCUT2D eigenvalue weighted by atomic mass is 32.2. The van der Waals surface area contributed by atoms with Crippen LogP contribution >= 0.6 is 0 Å². The lowest BCUT2D eigenvalue weighted by molar-refractivity contribution is -0.130. The molecule has 1 fully saturated rings. The zero-order valence-corrected chi connectivity index (χ0v) is 14.8. The lowest BCUT2D eigenvalue weighted by Crippen LogP contribution is -2.51. The second kappa shape index (κ2) is 7.65. The summed E-state index contributed by atoms with van der Waals surface area (Å²) in [6.45, 7) is 5.66. The van der Waals surface area contributed by atoms with Gasteiger partial charge in [-0.1, -0.05) is 25.1 Å². The number of nitrogens with zero attached hydrogens (tertiary/aromatic N) is 2. The minimum atomic E-state index is -3.80. The normalized spacial score (nSPS) is 15.2. The second-order valence-electron chi connectivity index (χ2n) is 5.70. The van der Waals surface area contributed by atoms with Crippen molar-refractivity contribution in [1.82, 2.24) is 10.2 Å². The molecule has 2 rings (SSSR count). The number of hydrogen-bond donors (Lipinski definition) is 1. The molecule has 1 heterocycles. The van der Waals surface area contributed by atoms with E-state index in [0.29, 0.717) is 26.2 Å². The molecule has 0 aliphatic carbocycles. The number of para-hydroxylation sites is 1. The number of sulfone groups is 1. The van der Waals surface area contributed by atoms with E-state index in [2.05, 4.69) is 29.3 Å². The highest BCUT2D eigenvalue weighted by Crippen LogP contribution is 2.20. The van der Waals surface area contributed by atoms with Gasteiger partial charge in [0.15, 0.2) is 0 Å². The number of aryl methyl sites for hydroxylation is 1. The van der Waals surface area contributed by atoms with Gasteiger partial charge in [-0.15, -0.1) is 0 Å². The average molecular weight is 353 g/mol. The molecule has 1 aliphatic heterocycles. The fourth-order valence-corrected chi connectivity index (χ4v) is 3.17. The van der Waals surface area contributed by atoms with E-state index >= 15 is 0 Å². The molecule has 1 aromatic rings. The van der Waals surface area contributed by atoms with Crippen molar-refractivity contribution in [2.75, 3.05) is 43.4 Å². The highest BCUT2D eigenvalue weighted by molar-refractivity contribution is 8.05. The van der Waals surface area contributed by atoms with E-state index in [1.54, 1.807) is 4.90 Å². The van der Waals surface area contributed by atoms with Gasteiger partial charge >= 0.3 is 5.24 Å². The molecule has 0 aromatic heterocycles. The molecule has 132 valence electrons. The van der Waals surface area contributed by atoms with E-state index in [4.69, 9.17) is 0 Å². The van der Waals surface area contributed by atoms with Crippen LogP contribution in [0.4, 0.5) is 10.5 Å². The molecule has 0 spiro atoms. The minimum absolute atomic E-state index is 0.265. The first-order valence-electron chi connectivity index (χ1n) is 7.94. The molecule has 0 saturated carbocycles. The smallest absolute Gasteiger partial charge is 0.336 e. The molecule has 1 aromatic carbocycles. The van der Waals surface area contributed by atoms with Crippen molar-refractivity contribution in [3.05, 3.63) is 29.8 Å². The van der Waals surface area contributed by atoms with E-state index < -0.39 is 15.1 Å². The maximum Gasteiger partial charge on any atom is 0.336 e. The van der Waals surface area contributed by atoms with Gasteiger partial charge in [0, 0.05) is 31.9 Å². The van der Waals surface area contributed by atoms with Gasteiger partial charge in [0.1, 0.15) is 0 Å². The zero-order chi connectivity index (χ0) is 17.7. The maximum absolute atomic E-state index is 12.1. The van der Waals surface area contributed by atoms with Crippen molar-refractivity contribution in [2.24, 2.45) is 0 Å². The highest BCUT2D eigenvalue weighted by Gasteiger charge is 2.24. The van der Waals surface area contributed by atoms with E-state index in [1.165, 1.54) is 12.5 Å². The van der Waals surface area contributed by atoms with Crippen LogP contribution in [0.1, 0.15) is 12.5 Å². The molecular weight excluding hydrogens is 330 g/mol. The van der Waals surface area contributed by atoms with Crippen LogP contribution in [-0.2, 0) is 14.6 Å². The summed E-state index contributed by atoms with van der Waals surface area (Å²) in [7, 11) is -3.80. The third-order valence-electron chi connectivity index (χ3n) is 4.13. The Hall–Kier alpha value is -2.09. The Morgan fingerprint density at radius 2 is 1.75 bits per heavy atom.